The van der Waals surface area contributed by atoms with Crippen LogP contribution in [0.5, 0.6) is 0 Å². The number of benzene rings is 1. The number of aromatic nitrogens is 2. The molecule has 3 heterocycles. The molecule has 0 spiro atoms. The highest BCUT2D eigenvalue weighted by molar-refractivity contribution is 7.89. The number of aryl methyl sites for hydroxylation is 2. The van der Waals surface area contributed by atoms with E-state index >= 15 is 0 Å². The fraction of sp³-hybridized carbons (Fsp3) is 0.333. The lowest BCUT2D eigenvalue weighted by Crippen LogP contribution is -2.48. The van der Waals surface area contributed by atoms with Crippen LogP contribution in [0.4, 0.5) is 5.69 Å². The lowest BCUT2D eigenvalue weighted by Gasteiger charge is -2.35. The molecule has 4 rings (SSSR count). The van der Waals surface area contributed by atoms with Gasteiger partial charge in [0.15, 0.2) is 0 Å². The Morgan fingerprint density at radius 2 is 1.82 bits per heavy atom. The molecule has 2 aromatic heterocycles. The normalized spacial score (nSPS) is 15.9. The molecule has 0 saturated carbocycles. The first kappa shape index (κ1) is 19.0. The van der Waals surface area contributed by atoms with Crippen molar-refractivity contribution < 1.29 is 17.3 Å². The molecule has 1 fully saturated rings. The Balaban J connectivity index is 1.49. The smallest absolute Gasteiger partial charge is 0.276 e. The quantitative estimate of drug-likeness (QED) is 0.637. The maximum absolute atomic E-state index is 12.9. The maximum atomic E-state index is 12.9. The van der Waals surface area contributed by atoms with E-state index in [4.69, 9.17) is 20.4 Å². The van der Waals surface area contributed by atoms with E-state index in [1.165, 1.54) is 16.6 Å². The van der Waals surface area contributed by atoms with Crippen LogP contribution in [0.2, 0.25) is 5.02 Å². The van der Waals surface area contributed by atoms with Gasteiger partial charge in [-0.15, -0.1) is 10.2 Å². The summed E-state index contributed by atoms with van der Waals surface area (Å²) in [7, 11) is -3.74. The van der Waals surface area contributed by atoms with Gasteiger partial charge in [0.2, 0.25) is 11.0 Å². The lowest BCUT2D eigenvalue weighted by atomic mass is 10.1. The van der Waals surface area contributed by atoms with Crippen LogP contribution in [0.25, 0.3) is 11.5 Å². The third-order valence-corrected chi connectivity index (χ3v) is 6.70. The Labute approximate surface area is 167 Å². The zero-order chi connectivity index (χ0) is 19.9. The van der Waals surface area contributed by atoms with Crippen molar-refractivity contribution in [3.05, 3.63) is 47.0 Å². The zero-order valence-corrected chi connectivity index (χ0v) is 17.0. The van der Waals surface area contributed by atoms with Gasteiger partial charge in [0.25, 0.3) is 15.9 Å². The molecule has 0 bridgehead atoms. The van der Waals surface area contributed by atoms with Crippen molar-refractivity contribution in [1.29, 1.82) is 0 Å². The Kier molecular flexibility index (Phi) is 4.90. The SMILES string of the molecule is Cc1nnc(-c2coc(S(=O)(=O)N3CCN(c4cc(Cl)ccc4C)CC3)c2)o1. The van der Waals surface area contributed by atoms with Gasteiger partial charge in [-0.05, 0) is 24.6 Å². The summed E-state index contributed by atoms with van der Waals surface area (Å²) in [5.74, 6) is 0.622. The van der Waals surface area contributed by atoms with Crippen molar-refractivity contribution in [3.8, 4) is 11.5 Å². The van der Waals surface area contributed by atoms with Crippen molar-refractivity contribution in [2.75, 3.05) is 31.1 Å². The predicted molar refractivity (Wildman–Crippen MR) is 104 cm³/mol. The fourth-order valence-corrected chi connectivity index (χ4v) is 4.71. The van der Waals surface area contributed by atoms with Crippen molar-refractivity contribution in [1.82, 2.24) is 14.5 Å². The summed E-state index contributed by atoms with van der Waals surface area (Å²) in [6, 6.07) is 7.13. The molecule has 0 atom stereocenters. The minimum atomic E-state index is -3.74. The first-order chi connectivity index (χ1) is 13.3. The summed E-state index contributed by atoms with van der Waals surface area (Å²) in [6.07, 6.45) is 1.31. The lowest BCUT2D eigenvalue weighted by molar-refractivity contribution is 0.361. The van der Waals surface area contributed by atoms with E-state index < -0.39 is 10.0 Å². The number of nitrogens with zero attached hydrogens (tertiary/aromatic N) is 4. The van der Waals surface area contributed by atoms with Gasteiger partial charge in [0, 0.05) is 49.9 Å². The molecule has 28 heavy (non-hydrogen) atoms. The van der Waals surface area contributed by atoms with Crippen LogP contribution in [-0.4, -0.2) is 49.1 Å². The molecule has 1 aromatic carbocycles. The van der Waals surface area contributed by atoms with Crippen LogP contribution >= 0.6 is 11.6 Å². The number of hydrogen-bond acceptors (Lipinski definition) is 7. The second-order valence-electron chi connectivity index (χ2n) is 6.60. The third kappa shape index (κ3) is 3.52. The van der Waals surface area contributed by atoms with Gasteiger partial charge in [-0.2, -0.15) is 4.31 Å². The summed E-state index contributed by atoms with van der Waals surface area (Å²) >= 11 is 6.11. The van der Waals surface area contributed by atoms with E-state index in [1.54, 1.807) is 6.92 Å². The van der Waals surface area contributed by atoms with Gasteiger partial charge in [-0.3, -0.25) is 0 Å². The molecule has 3 aromatic rings. The van der Waals surface area contributed by atoms with Crippen molar-refractivity contribution in [2.45, 2.75) is 18.9 Å². The Bertz CT molecular complexity index is 1100. The minimum absolute atomic E-state index is 0.134. The molecule has 8 nitrogen and oxygen atoms in total. The highest BCUT2D eigenvalue weighted by Crippen LogP contribution is 2.28. The van der Waals surface area contributed by atoms with Gasteiger partial charge in [0.1, 0.15) is 6.26 Å². The van der Waals surface area contributed by atoms with Crippen molar-refractivity contribution in [2.24, 2.45) is 0 Å². The van der Waals surface area contributed by atoms with Crippen LogP contribution in [0.1, 0.15) is 11.5 Å². The Morgan fingerprint density at radius 3 is 2.50 bits per heavy atom. The number of furan rings is 1. The molecule has 0 amide bonds. The average Bonchev–Trinajstić information content (AvgIpc) is 3.33. The van der Waals surface area contributed by atoms with E-state index in [0.717, 1.165) is 11.3 Å². The summed E-state index contributed by atoms with van der Waals surface area (Å²) in [6.45, 7) is 5.51. The van der Waals surface area contributed by atoms with Crippen LogP contribution < -0.4 is 4.90 Å². The average molecular weight is 423 g/mol. The van der Waals surface area contributed by atoms with E-state index in [2.05, 4.69) is 15.1 Å². The molecular weight excluding hydrogens is 404 g/mol. The monoisotopic (exact) mass is 422 g/mol. The number of halogens is 1. The molecule has 0 aliphatic carbocycles. The number of hydrogen-bond donors (Lipinski definition) is 0. The number of rotatable bonds is 4. The highest BCUT2D eigenvalue weighted by atomic mass is 35.5. The van der Waals surface area contributed by atoms with E-state index in [-0.39, 0.29) is 11.0 Å². The van der Waals surface area contributed by atoms with Crippen molar-refractivity contribution in [3.63, 3.8) is 0 Å². The molecule has 1 aliphatic heterocycles. The maximum Gasteiger partial charge on any atom is 0.276 e. The molecule has 10 heteroatoms. The molecular formula is C18H19ClN4O4S. The standard InChI is InChI=1S/C18H19ClN4O4S/c1-12-3-4-15(19)10-16(12)22-5-7-23(8-6-22)28(24,25)17-9-14(11-26-17)18-21-20-13(2)27-18/h3-4,9-11H,5-8H2,1-2H3. The first-order valence-electron chi connectivity index (χ1n) is 8.75. The van der Waals surface area contributed by atoms with Crippen LogP contribution in [0.3, 0.4) is 0 Å². The molecule has 0 radical (unpaired) electrons. The second kappa shape index (κ2) is 7.23. The van der Waals surface area contributed by atoms with E-state index in [9.17, 15) is 8.42 Å². The summed E-state index contributed by atoms with van der Waals surface area (Å²) in [4.78, 5) is 2.14. The number of anilines is 1. The topological polar surface area (TPSA) is 92.7 Å². The molecule has 1 aliphatic rings. The van der Waals surface area contributed by atoms with Crippen LogP contribution in [0, 0.1) is 13.8 Å². The van der Waals surface area contributed by atoms with Gasteiger partial charge in [-0.1, -0.05) is 17.7 Å². The summed E-state index contributed by atoms with van der Waals surface area (Å²) in [5, 5.41) is 8.15. The minimum Gasteiger partial charge on any atom is -0.451 e. The zero-order valence-electron chi connectivity index (χ0n) is 15.4. The number of sulfonamides is 1. The van der Waals surface area contributed by atoms with Crippen LogP contribution in [-0.2, 0) is 10.0 Å². The van der Waals surface area contributed by atoms with Gasteiger partial charge >= 0.3 is 0 Å². The van der Waals surface area contributed by atoms with Gasteiger partial charge < -0.3 is 13.7 Å². The molecule has 0 unspecified atom stereocenters. The van der Waals surface area contributed by atoms with E-state index in [0.29, 0.717) is 42.7 Å². The largest absolute Gasteiger partial charge is 0.451 e. The van der Waals surface area contributed by atoms with Crippen LogP contribution in [0.15, 0.2) is 44.5 Å². The Morgan fingerprint density at radius 1 is 1.07 bits per heavy atom. The van der Waals surface area contributed by atoms with Gasteiger partial charge in [-0.25, -0.2) is 8.42 Å². The summed E-state index contributed by atoms with van der Waals surface area (Å²) < 4.78 is 37.9. The second-order valence-corrected chi connectivity index (χ2v) is 8.91. The summed E-state index contributed by atoms with van der Waals surface area (Å²) in [5.41, 5.74) is 2.56. The third-order valence-electron chi connectivity index (χ3n) is 4.69. The van der Waals surface area contributed by atoms with Gasteiger partial charge in [0.05, 0.1) is 5.56 Å². The number of piperazine rings is 1. The fourth-order valence-electron chi connectivity index (χ4n) is 3.20. The molecule has 1 saturated heterocycles. The predicted octanol–water partition coefficient (Wildman–Crippen LogP) is 3.11. The molecule has 148 valence electrons. The van der Waals surface area contributed by atoms with Crippen molar-refractivity contribution >= 4 is 27.3 Å². The first-order valence-corrected chi connectivity index (χ1v) is 10.6. The van der Waals surface area contributed by atoms with E-state index in [1.807, 2.05) is 25.1 Å². The Hall–Kier alpha value is -2.36. The molecule has 0 N–H and O–H groups in total. The highest BCUT2D eigenvalue weighted by Gasteiger charge is 2.32.